The Hall–Kier alpha value is -3.08. The van der Waals surface area contributed by atoms with Gasteiger partial charge in [-0.05, 0) is 31.5 Å². The summed E-state index contributed by atoms with van der Waals surface area (Å²) in [6.45, 7) is 3.63. The van der Waals surface area contributed by atoms with Gasteiger partial charge in [0.05, 0.1) is 17.6 Å². The number of ether oxygens (including phenoxy) is 2. The van der Waals surface area contributed by atoms with Gasteiger partial charge in [0, 0.05) is 5.56 Å². The molecule has 1 heterocycles. The summed E-state index contributed by atoms with van der Waals surface area (Å²) < 4.78 is 16.0. The first-order valence-electron chi connectivity index (χ1n) is 8.00. The molecule has 0 radical (unpaired) electrons. The van der Waals surface area contributed by atoms with Crippen LogP contribution < -0.4 is 10.2 Å². The third-order valence-corrected chi connectivity index (χ3v) is 3.88. The number of hydrogen-bond donors (Lipinski definition) is 0. The first kappa shape index (κ1) is 16.8. The fourth-order valence-electron chi connectivity index (χ4n) is 2.63. The van der Waals surface area contributed by atoms with E-state index < -0.39 is 5.97 Å². The van der Waals surface area contributed by atoms with E-state index in [1.165, 1.54) is 6.26 Å². The Kier molecular flexibility index (Phi) is 4.84. The summed E-state index contributed by atoms with van der Waals surface area (Å²) in [6.07, 6.45) is 1.46. The second-order valence-electron chi connectivity index (χ2n) is 5.50. The van der Waals surface area contributed by atoms with Gasteiger partial charge in [0.25, 0.3) is 0 Å². The van der Waals surface area contributed by atoms with Gasteiger partial charge in [0.15, 0.2) is 6.61 Å². The highest BCUT2D eigenvalue weighted by atomic mass is 16.6. The van der Waals surface area contributed by atoms with Crippen molar-refractivity contribution in [1.29, 1.82) is 0 Å². The summed E-state index contributed by atoms with van der Waals surface area (Å²) in [5.74, 6) is 0.0408. The second-order valence-corrected chi connectivity index (χ2v) is 5.50. The van der Waals surface area contributed by atoms with Crippen molar-refractivity contribution in [3.63, 3.8) is 0 Å². The Morgan fingerprint density at radius 3 is 2.60 bits per heavy atom. The molecule has 5 heteroatoms. The number of carbonyl (C=O) groups is 1. The molecule has 1 aromatic heterocycles. The van der Waals surface area contributed by atoms with Gasteiger partial charge in [-0.1, -0.05) is 30.3 Å². The van der Waals surface area contributed by atoms with Crippen molar-refractivity contribution in [3.8, 4) is 16.9 Å². The molecule has 3 rings (SSSR count). The first-order chi connectivity index (χ1) is 12.1. The summed E-state index contributed by atoms with van der Waals surface area (Å²) in [4.78, 5) is 24.2. The topological polar surface area (TPSA) is 65.7 Å². The average Bonchev–Trinajstić information content (AvgIpc) is 2.63. The molecule has 0 amide bonds. The number of rotatable bonds is 5. The molecule has 0 atom stereocenters. The zero-order chi connectivity index (χ0) is 17.8. The third-order valence-electron chi connectivity index (χ3n) is 3.88. The van der Waals surface area contributed by atoms with Crippen LogP contribution in [0.5, 0.6) is 5.75 Å². The largest absolute Gasteiger partial charge is 0.481 e. The van der Waals surface area contributed by atoms with Gasteiger partial charge in [-0.15, -0.1) is 0 Å². The number of fused-ring (bicyclic) bond motifs is 1. The van der Waals surface area contributed by atoms with Gasteiger partial charge < -0.3 is 13.9 Å². The lowest BCUT2D eigenvalue weighted by Gasteiger charge is -2.10. The van der Waals surface area contributed by atoms with E-state index in [1.807, 2.05) is 30.3 Å². The van der Waals surface area contributed by atoms with Crippen LogP contribution in [0.1, 0.15) is 12.5 Å². The van der Waals surface area contributed by atoms with Crippen LogP contribution in [0.4, 0.5) is 0 Å². The zero-order valence-electron chi connectivity index (χ0n) is 14.1. The fourth-order valence-corrected chi connectivity index (χ4v) is 2.63. The average molecular weight is 338 g/mol. The zero-order valence-corrected chi connectivity index (χ0v) is 14.1. The van der Waals surface area contributed by atoms with Crippen LogP contribution in [-0.2, 0) is 9.53 Å². The molecular weight excluding hydrogens is 320 g/mol. The normalized spacial score (nSPS) is 10.6. The number of esters is 1. The minimum atomic E-state index is -0.442. The Morgan fingerprint density at radius 2 is 1.88 bits per heavy atom. The van der Waals surface area contributed by atoms with E-state index in [0.29, 0.717) is 34.5 Å². The van der Waals surface area contributed by atoms with Crippen molar-refractivity contribution in [2.24, 2.45) is 0 Å². The van der Waals surface area contributed by atoms with Gasteiger partial charge in [-0.3, -0.25) is 4.79 Å². The molecule has 0 aliphatic rings. The van der Waals surface area contributed by atoms with Gasteiger partial charge >= 0.3 is 5.97 Å². The van der Waals surface area contributed by atoms with Crippen molar-refractivity contribution in [3.05, 3.63) is 64.5 Å². The quantitative estimate of drug-likeness (QED) is 0.664. The maximum Gasteiger partial charge on any atom is 0.344 e. The van der Waals surface area contributed by atoms with Gasteiger partial charge in [-0.25, -0.2) is 4.79 Å². The van der Waals surface area contributed by atoms with Gasteiger partial charge in [0.1, 0.15) is 17.6 Å². The monoisotopic (exact) mass is 338 g/mol. The van der Waals surface area contributed by atoms with Gasteiger partial charge in [0.2, 0.25) is 5.43 Å². The van der Waals surface area contributed by atoms with Gasteiger partial charge in [-0.2, -0.15) is 0 Å². The molecule has 5 nitrogen and oxygen atoms in total. The molecule has 0 spiro atoms. The van der Waals surface area contributed by atoms with E-state index in [-0.39, 0.29) is 12.0 Å². The Morgan fingerprint density at radius 1 is 1.12 bits per heavy atom. The van der Waals surface area contributed by atoms with Crippen LogP contribution in [0, 0.1) is 6.92 Å². The van der Waals surface area contributed by atoms with Crippen molar-refractivity contribution >= 4 is 16.9 Å². The van der Waals surface area contributed by atoms with Crippen molar-refractivity contribution in [2.75, 3.05) is 13.2 Å². The Balaban J connectivity index is 1.98. The number of benzene rings is 2. The van der Waals surface area contributed by atoms with Crippen LogP contribution in [0.3, 0.4) is 0 Å². The molecule has 3 aromatic rings. The Labute approximate surface area is 144 Å². The van der Waals surface area contributed by atoms with E-state index in [2.05, 4.69) is 0 Å². The summed E-state index contributed by atoms with van der Waals surface area (Å²) in [6, 6.07) is 12.7. The lowest BCUT2D eigenvalue weighted by molar-refractivity contribution is -0.145. The fraction of sp³-hybridized carbons (Fsp3) is 0.200. The standard InChI is InChI=1S/C20H18O5/c1-3-23-18(21)12-24-17-10-9-15-19(22)16(11-25-20(15)13(17)2)14-7-5-4-6-8-14/h4-11H,3,12H2,1-2H3. The lowest BCUT2D eigenvalue weighted by atomic mass is 10.0. The van der Waals surface area contributed by atoms with Crippen molar-refractivity contribution < 1.29 is 18.7 Å². The van der Waals surface area contributed by atoms with Crippen LogP contribution in [0.2, 0.25) is 0 Å². The molecule has 0 aliphatic carbocycles. The minimum Gasteiger partial charge on any atom is -0.481 e. The summed E-state index contributed by atoms with van der Waals surface area (Å²) in [7, 11) is 0. The highest BCUT2D eigenvalue weighted by Gasteiger charge is 2.14. The molecule has 128 valence electrons. The van der Waals surface area contributed by atoms with Crippen LogP contribution in [-0.4, -0.2) is 19.2 Å². The SMILES string of the molecule is CCOC(=O)COc1ccc2c(=O)c(-c3ccccc3)coc2c1C. The molecular formula is C20H18O5. The van der Waals surface area contributed by atoms with Crippen LogP contribution in [0.25, 0.3) is 22.1 Å². The van der Waals surface area contributed by atoms with E-state index in [4.69, 9.17) is 13.9 Å². The Bertz CT molecular complexity index is 957. The third kappa shape index (κ3) is 3.40. The second kappa shape index (κ2) is 7.21. The molecule has 0 unspecified atom stereocenters. The summed E-state index contributed by atoms with van der Waals surface area (Å²) in [5.41, 5.74) is 2.32. The number of aryl methyl sites for hydroxylation is 1. The van der Waals surface area contributed by atoms with E-state index in [9.17, 15) is 9.59 Å². The van der Waals surface area contributed by atoms with E-state index >= 15 is 0 Å². The molecule has 0 fully saturated rings. The lowest BCUT2D eigenvalue weighted by Crippen LogP contribution is -2.15. The first-order valence-corrected chi connectivity index (χ1v) is 8.00. The molecule has 0 bridgehead atoms. The van der Waals surface area contributed by atoms with E-state index in [0.717, 1.165) is 5.56 Å². The summed E-state index contributed by atoms with van der Waals surface area (Å²) >= 11 is 0. The van der Waals surface area contributed by atoms with Crippen LogP contribution >= 0.6 is 0 Å². The molecule has 0 aliphatic heterocycles. The predicted molar refractivity (Wildman–Crippen MR) is 94.8 cm³/mol. The molecule has 2 aromatic carbocycles. The molecule has 0 saturated carbocycles. The van der Waals surface area contributed by atoms with Crippen molar-refractivity contribution in [1.82, 2.24) is 0 Å². The smallest absolute Gasteiger partial charge is 0.344 e. The number of carbonyl (C=O) groups excluding carboxylic acids is 1. The maximum atomic E-state index is 12.8. The molecule has 25 heavy (non-hydrogen) atoms. The molecule has 0 saturated heterocycles. The highest BCUT2D eigenvalue weighted by Crippen LogP contribution is 2.27. The van der Waals surface area contributed by atoms with Crippen molar-refractivity contribution in [2.45, 2.75) is 13.8 Å². The minimum absolute atomic E-state index is 0.104. The van der Waals surface area contributed by atoms with E-state index in [1.54, 1.807) is 26.0 Å². The summed E-state index contributed by atoms with van der Waals surface area (Å²) in [5, 5.41) is 0.474. The predicted octanol–water partition coefficient (Wildman–Crippen LogP) is 3.71. The number of hydrogen-bond acceptors (Lipinski definition) is 5. The molecule has 0 N–H and O–H groups in total. The van der Waals surface area contributed by atoms with Crippen LogP contribution in [0.15, 0.2) is 57.9 Å². The maximum absolute atomic E-state index is 12.8. The highest BCUT2D eigenvalue weighted by molar-refractivity contribution is 5.85.